The molecule has 0 spiro atoms. The van der Waals surface area contributed by atoms with Crippen LogP contribution in [0.15, 0.2) is 54.6 Å². The molecular weight excluding hydrogens is 508 g/mol. The van der Waals surface area contributed by atoms with Crippen LogP contribution in [0.3, 0.4) is 0 Å². The van der Waals surface area contributed by atoms with E-state index in [9.17, 15) is 14.7 Å². The standard InChI is InChI=1S/C32H40N2O6/c1-6-17-39-26-14-11-22(20-27(26)38-9-4)29-28(30(35)23-12-13-25-24(19-23)18-21(5)40-25)31(36)32(37)34(29)16-10-15-33(7-2)8-3/h6,11-14,19-21,29,35H,1,7-10,15-18H2,2-5H3/b30-28+/t21-,29+/m1/s1. The maximum Gasteiger partial charge on any atom is 0.295 e. The van der Waals surface area contributed by atoms with Crippen LogP contribution in [0.2, 0.25) is 0 Å². The lowest BCUT2D eigenvalue weighted by molar-refractivity contribution is -0.140. The van der Waals surface area contributed by atoms with Crippen molar-refractivity contribution >= 4 is 17.4 Å². The van der Waals surface area contributed by atoms with Gasteiger partial charge in [0.2, 0.25) is 0 Å². The van der Waals surface area contributed by atoms with Crippen molar-refractivity contribution in [1.29, 1.82) is 0 Å². The highest BCUT2D eigenvalue weighted by Gasteiger charge is 2.46. The van der Waals surface area contributed by atoms with Crippen LogP contribution in [0.5, 0.6) is 17.2 Å². The number of likely N-dealkylation sites (tertiary alicyclic amines) is 1. The van der Waals surface area contributed by atoms with Crippen molar-refractivity contribution < 1.29 is 28.9 Å². The summed E-state index contributed by atoms with van der Waals surface area (Å²) in [4.78, 5) is 30.8. The lowest BCUT2D eigenvalue weighted by Gasteiger charge is -2.27. The summed E-state index contributed by atoms with van der Waals surface area (Å²) in [7, 11) is 0. The Hall–Kier alpha value is -3.78. The monoisotopic (exact) mass is 548 g/mol. The first-order chi connectivity index (χ1) is 19.3. The number of amides is 1. The Bertz CT molecular complexity index is 1280. The number of nitrogens with zero attached hydrogens (tertiary/aromatic N) is 2. The van der Waals surface area contributed by atoms with Crippen molar-refractivity contribution in [1.82, 2.24) is 9.80 Å². The van der Waals surface area contributed by atoms with Crippen molar-refractivity contribution in [3.63, 3.8) is 0 Å². The Morgan fingerprint density at radius 2 is 1.90 bits per heavy atom. The minimum atomic E-state index is -0.771. The minimum Gasteiger partial charge on any atom is -0.507 e. The molecule has 2 heterocycles. The van der Waals surface area contributed by atoms with Crippen LogP contribution in [-0.2, 0) is 16.0 Å². The molecular formula is C32H40N2O6. The van der Waals surface area contributed by atoms with E-state index in [1.807, 2.05) is 32.0 Å². The maximum atomic E-state index is 13.5. The summed E-state index contributed by atoms with van der Waals surface area (Å²) < 4.78 is 17.4. The summed E-state index contributed by atoms with van der Waals surface area (Å²) in [6, 6.07) is 10.00. The van der Waals surface area contributed by atoms with Gasteiger partial charge in [-0.15, -0.1) is 0 Å². The molecule has 2 aromatic rings. The third kappa shape index (κ3) is 6.02. The number of aliphatic hydroxyl groups is 1. The molecule has 1 fully saturated rings. The fourth-order valence-electron chi connectivity index (χ4n) is 5.42. The molecule has 0 aliphatic carbocycles. The van der Waals surface area contributed by atoms with Gasteiger partial charge in [-0.2, -0.15) is 0 Å². The second-order valence-electron chi connectivity index (χ2n) is 10.1. The van der Waals surface area contributed by atoms with Crippen molar-refractivity contribution in [3.8, 4) is 17.2 Å². The number of aliphatic hydroxyl groups excluding tert-OH is 1. The molecule has 40 heavy (non-hydrogen) atoms. The SMILES string of the molecule is C=CCOc1ccc([C@H]2/C(=C(\O)c3ccc4c(c3)C[C@@H](C)O4)C(=O)C(=O)N2CCCN(CC)CC)cc1OCC. The third-order valence-electron chi connectivity index (χ3n) is 7.42. The molecule has 2 aliphatic heterocycles. The highest BCUT2D eigenvalue weighted by atomic mass is 16.5. The fourth-order valence-corrected chi connectivity index (χ4v) is 5.42. The number of carbonyl (C=O) groups is 2. The molecule has 1 N–H and O–H groups in total. The predicted octanol–water partition coefficient (Wildman–Crippen LogP) is 5.13. The van der Waals surface area contributed by atoms with Crippen LogP contribution in [0, 0.1) is 0 Å². The third-order valence-corrected chi connectivity index (χ3v) is 7.42. The van der Waals surface area contributed by atoms with E-state index in [4.69, 9.17) is 14.2 Å². The fraction of sp³-hybridized carbons (Fsp3) is 0.438. The number of rotatable bonds is 13. The largest absolute Gasteiger partial charge is 0.507 e. The van der Waals surface area contributed by atoms with Crippen molar-refractivity contribution in [2.24, 2.45) is 0 Å². The van der Waals surface area contributed by atoms with Crippen LogP contribution in [0.25, 0.3) is 5.76 Å². The van der Waals surface area contributed by atoms with Gasteiger partial charge < -0.3 is 29.1 Å². The Kier molecular flexibility index (Phi) is 9.53. The quantitative estimate of drug-likeness (QED) is 0.161. The maximum absolute atomic E-state index is 13.5. The summed E-state index contributed by atoms with van der Waals surface area (Å²) >= 11 is 0. The number of benzene rings is 2. The number of ketones is 1. The number of carbonyl (C=O) groups excluding carboxylic acids is 2. The molecule has 0 saturated carbocycles. The van der Waals surface area contributed by atoms with Crippen LogP contribution in [-0.4, -0.2) is 72.1 Å². The van der Waals surface area contributed by atoms with E-state index in [2.05, 4.69) is 25.3 Å². The number of ether oxygens (including phenoxy) is 3. The smallest absolute Gasteiger partial charge is 0.295 e. The second kappa shape index (κ2) is 13.0. The zero-order valence-corrected chi connectivity index (χ0v) is 23.9. The zero-order valence-electron chi connectivity index (χ0n) is 23.9. The van der Waals surface area contributed by atoms with Gasteiger partial charge in [0.1, 0.15) is 24.2 Å². The Labute approximate surface area is 236 Å². The first kappa shape index (κ1) is 29.2. The first-order valence-electron chi connectivity index (χ1n) is 14.1. The zero-order chi connectivity index (χ0) is 28.8. The lowest BCUT2D eigenvalue weighted by atomic mass is 9.94. The molecule has 0 radical (unpaired) electrons. The highest BCUT2D eigenvalue weighted by Crippen LogP contribution is 2.43. The van der Waals surface area contributed by atoms with Crippen LogP contribution in [0.1, 0.15) is 56.8 Å². The van der Waals surface area contributed by atoms with Crippen molar-refractivity contribution in [2.45, 2.75) is 52.7 Å². The van der Waals surface area contributed by atoms with Gasteiger partial charge in [0, 0.05) is 18.5 Å². The molecule has 0 aromatic heterocycles. The lowest BCUT2D eigenvalue weighted by Crippen LogP contribution is -2.33. The van der Waals surface area contributed by atoms with E-state index < -0.39 is 17.7 Å². The van der Waals surface area contributed by atoms with E-state index in [1.54, 1.807) is 29.2 Å². The second-order valence-corrected chi connectivity index (χ2v) is 10.1. The molecule has 214 valence electrons. The van der Waals surface area contributed by atoms with Crippen molar-refractivity contribution in [2.75, 3.05) is 39.4 Å². The first-order valence-corrected chi connectivity index (χ1v) is 14.1. The van der Waals surface area contributed by atoms with E-state index in [0.717, 1.165) is 30.9 Å². The molecule has 4 rings (SSSR count). The molecule has 8 heteroatoms. The van der Waals surface area contributed by atoms with E-state index in [1.165, 1.54) is 0 Å². The van der Waals surface area contributed by atoms with Gasteiger partial charge in [0.15, 0.2) is 11.5 Å². The minimum absolute atomic E-state index is 0.0441. The molecule has 2 atom stereocenters. The van der Waals surface area contributed by atoms with Crippen molar-refractivity contribution in [3.05, 3.63) is 71.3 Å². The van der Waals surface area contributed by atoms with Gasteiger partial charge in [-0.3, -0.25) is 9.59 Å². The molecule has 2 aliphatic rings. The topological polar surface area (TPSA) is 88.5 Å². The normalized spacial score (nSPS) is 19.6. The average molecular weight is 549 g/mol. The van der Waals surface area contributed by atoms with Crippen LogP contribution >= 0.6 is 0 Å². The van der Waals surface area contributed by atoms with Crippen LogP contribution in [0.4, 0.5) is 0 Å². The van der Waals surface area contributed by atoms with Crippen LogP contribution < -0.4 is 14.2 Å². The Balaban J connectivity index is 1.78. The van der Waals surface area contributed by atoms with Gasteiger partial charge in [-0.25, -0.2) is 0 Å². The average Bonchev–Trinajstić information content (AvgIpc) is 3.45. The summed E-state index contributed by atoms with van der Waals surface area (Å²) in [6.45, 7) is 15.5. The predicted molar refractivity (Wildman–Crippen MR) is 155 cm³/mol. The number of hydrogen-bond donors (Lipinski definition) is 1. The Morgan fingerprint density at radius 1 is 1.12 bits per heavy atom. The number of Topliss-reactive ketones (excluding diaryl/α,β-unsaturated/α-hetero) is 1. The van der Waals surface area contributed by atoms with E-state index >= 15 is 0 Å². The molecule has 0 bridgehead atoms. The van der Waals surface area contributed by atoms with Gasteiger partial charge >= 0.3 is 0 Å². The van der Waals surface area contributed by atoms with E-state index in [0.29, 0.717) is 55.2 Å². The molecule has 0 unspecified atom stereocenters. The molecule has 1 saturated heterocycles. The molecule has 2 aromatic carbocycles. The summed E-state index contributed by atoms with van der Waals surface area (Å²) in [5.74, 6) is 0.307. The highest BCUT2D eigenvalue weighted by molar-refractivity contribution is 6.46. The Morgan fingerprint density at radius 3 is 2.60 bits per heavy atom. The summed E-state index contributed by atoms with van der Waals surface area (Å²) in [5, 5.41) is 11.6. The number of fused-ring (bicyclic) bond motifs is 1. The number of hydrogen-bond acceptors (Lipinski definition) is 7. The molecule has 1 amide bonds. The van der Waals surface area contributed by atoms with Gasteiger partial charge in [0.05, 0.1) is 18.2 Å². The summed E-state index contributed by atoms with van der Waals surface area (Å²) in [6.07, 6.45) is 3.10. The van der Waals surface area contributed by atoms with E-state index in [-0.39, 0.29) is 17.4 Å². The summed E-state index contributed by atoms with van der Waals surface area (Å²) in [5.41, 5.74) is 2.18. The van der Waals surface area contributed by atoms with Gasteiger partial charge in [0.25, 0.3) is 11.7 Å². The molecule has 8 nitrogen and oxygen atoms in total. The van der Waals surface area contributed by atoms with Gasteiger partial charge in [-0.05, 0) is 81.4 Å². The van der Waals surface area contributed by atoms with Gasteiger partial charge in [-0.1, -0.05) is 32.6 Å².